The van der Waals surface area contributed by atoms with Gasteiger partial charge in [-0.2, -0.15) is 0 Å². The predicted octanol–water partition coefficient (Wildman–Crippen LogP) is -1.35. The molecule has 0 aliphatic rings. The minimum absolute atomic E-state index is 0.00384. The molecule has 0 radical (unpaired) electrons. The number of H-pyrrole nitrogens is 1. The molecule has 0 amide bonds. The van der Waals surface area contributed by atoms with E-state index < -0.39 is 12.0 Å². The Bertz CT molecular complexity index is 585. The van der Waals surface area contributed by atoms with Gasteiger partial charge in [0.15, 0.2) is 11.1 Å². The molecule has 0 saturated heterocycles. The van der Waals surface area contributed by atoms with Crippen LogP contribution < -0.4 is 11.2 Å². The third-order valence-corrected chi connectivity index (χ3v) is 2.17. The number of aromatic amines is 1. The summed E-state index contributed by atoms with van der Waals surface area (Å²) in [7, 11) is 0. The minimum atomic E-state index is -1.11. The first-order chi connectivity index (χ1) is 7.59. The summed E-state index contributed by atoms with van der Waals surface area (Å²) in [5.74, 6) is -1.11. The van der Waals surface area contributed by atoms with E-state index in [2.05, 4.69) is 15.0 Å². The molecular weight excluding hydrogens is 212 g/mol. The van der Waals surface area contributed by atoms with Crippen molar-refractivity contribution >= 4 is 17.1 Å². The van der Waals surface area contributed by atoms with Gasteiger partial charge >= 0.3 is 5.97 Å². The van der Waals surface area contributed by atoms with Crippen LogP contribution in [0.1, 0.15) is 0 Å². The largest absolute Gasteiger partial charge is 0.480 e. The van der Waals surface area contributed by atoms with Crippen LogP contribution in [-0.2, 0) is 11.3 Å². The molecule has 16 heavy (non-hydrogen) atoms. The Labute approximate surface area is 89.3 Å². The highest BCUT2D eigenvalue weighted by molar-refractivity contribution is 5.73. The lowest BCUT2D eigenvalue weighted by atomic mass is 10.3. The number of nitrogens with one attached hydrogen (secondary N) is 2. The van der Waals surface area contributed by atoms with Crippen LogP contribution in [0.15, 0.2) is 12.7 Å². The predicted molar refractivity (Wildman–Crippen MR) is 53.3 cm³/mol. The summed E-state index contributed by atoms with van der Waals surface area (Å²) in [5, 5.41) is 16.5. The summed E-state index contributed by atoms with van der Waals surface area (Å²) in [4.78, 5) is 21.2. The molecule has 2 rings (SSSR count). The highest BCUT2D eigenvalue weighted by atomic mass is 16.4. The summed E-state index contributed by atoms with van der Waals surface area (Å²) in [5.41, 5.74) is 6.37. The van der Waals surface area contributed by atoms with Gasteiger partial charge in [-0.3, -0.25) is 10.2 Å². The summed E-state index contributed by atoms with van der Waals surface area (Å²) < 4.78 is 1.36. The van der Waals surface area contributed by atoms with E-state index in [9.17, 15) is 4.79 Å². The lowest BCUT2D eigenvalue weighted by Crippen LogP contribution is -2.38. The molecule has 5 N–H and O–H groups in total. The van der Waals surface area contributed by atoms with Crippen LogP contribution in [-0.4, -0.2) is 36.6 Å². The van der Waals surface area contributed by atoms with Crippen LogP contribution >= 0.6 is 0 Å². The van der Waals surface area contributed by atoms with E-state index in [1.54, 1.807) is 0 Å². The molecule has 8 nitrogen and oxygen atoms in total. The lowest BCUT2D eigenvalue weighted by molar-refractivity contribution is -0.138. The van der Waals surface area contributed by atoms with Gasteiger partial charge < -0.3 is 20.4 Å². The van der Waals surface area contributed by atoms with Crippen molar-refractivity contribution in [2.24, 2.45) is 5.73 Å². The number of nitrogens with zero attached hydrogens (tertiary/aromatic N) is 3. The molecule has 0 spiro atoms. The highest BCUT2D eigenvalue weighted by Crippen LogP contribution is 1.98. The second-order valence-electron chi connectivity index (χ2n) is 3.29. The van der Waals surface area contributed by atoms with Crippen molar-refractivity contribution in [3.63, 3.8) is 0 Å². The quantitative estimate of drug-likeness (QED) is 0.509. The van der Waals surface area contributed by atoms with Gasteiger partial charge in [0.25, 0.3) is 0 Å². The monoisotopic (exact) mass is 222 g/mol. The number of nitrogens with two attached hydrogens (primary N) is 1. The molecule has 0 aliphatic carbocycles. The standard InChI is InChI=1S/C8H10N6O2/c9-4(8(15)16)1-14-3-13-7-5(6(14)10)11-2-12-7/h2-4,10H,1,9H2,(H,11,12)(H,15,16). The van der Waals surface area contributed by atoms with E-state index in [1.165, 1.54) is 17.2 Å². The maximum atomic E-state index is 10.6. The Hall–Kier alpha value is -2.22. The number of rotatable bonds is 3. The summed E-state index contributed by atoms with van der Waals surface area (Å²) in [6, 6.07) is -1.06. The Morgan fingerprint density at radius 1 is 1.69 bits per heavy atom. The van der Waals surface area contributed by atoms with E-state index in [-0.39, 0.29) is 12.0 Å². The molecule has 0 bridgehead atoms. The van der Waals surface area contributed by atoms with Crippen molar-refractivity contribution in [3.05, 3.63) is 18.1 Å². The van der Waals surface area contributed by atoms with Gasteiger partial charge in [-0.1, -0.05) is 0 Å². The number of aromatic nitrogens is 4. The van der Waals surface area contributed by atoms with Gasteiger partial charge in [0, 0.05) is 0 Å². The number of carboxylic acid groups (broad SMARTS) is 1. The summed E-state index contributed by atoms with van der Waals surface area (Å²) >= 11 is 0. The maximum absolute atomic E-state index is 10.6. The molecule has 0 aliphatic heterocycles. The Kier molecular flexibility index (Phi) is 2.41. The van der Waals surface area contributed by atoms with Gasteiger partial charge in [-0.15, -0.1) is 0 Å². The molecule has 84 valence electrons. The number of hydrogen-bond acceptors (Lipinski definition) is 5. The highest BCUT2D eigenvalue weighted by Gasteiger charge is 2.13. The van der Waals surface area contributed by atoms with E-state index in [4.69, 9.17) is 16.2 Å². The number of carbonyl (C=O) groups is 1. The normalized spacial score (nSPS) is 12.8. The number of fused-ring (bicyclic) bond motifs is 1. The lowest BCUT2D eigenvalue weighted by Gasteiger charge is -2.09. The fourth-order valence-electron chi connectivity index (χ4n) is 1.31. The zero-order chi connectivity index (χ0) is 11.7. The second-order valence-corrected chi connectivity index (χ2v) is 3.29. The van der Waals surface area contributed by atoms with E-state index in [0.717, 1.165) is 0 Å². The van der Waals surface area contributed by atoms with E-state index in [0.29, 0.717) is 11.2 Å². The summed E-state index contributed by atoms with van der Waals surface area (Å²) in [6.07, 6.45) is 2.78. The molecule has 1 unspecified atom stereocenters. The van der Waals surface area contributed by atoms with Crippen LogP contribution in [0.25, 0.3) is 11.2 Å². The van der Waals surface area contributed by atoms with Crippen LogP contribution in [0.3, 0.4) is 0 Å². The molecule has 0 saturated carbocycles. The van der Waals surface area contributed by atoms with Crippen molar-refractivity contribution in [1.82, 2.24) is 19.5 Å². The van der Waals surface area contributed by atoms with E-state index in [1.807, 2.05) is 0 Å². The van der Waals surface area contributed by atoms with Crippen molar-refractivity contribution in [2.75, 3.05) is 0 Å². The number of imidazole rings is 1. The zero-order valence-corrected chi connectivity index (χ0v) is 8.21. The second kappa shape index (κ2) is 3.74. The topological polar surface area (TPSA) is 134 Å². The van der Waals surface area contributed by atoms with Crippen molar-refractivity contribution in [1.29, 1.82) is 5.41 Å². The fourth-order valence-corrected chi connectivity index (χ4v) is 1.31. The fraction of sp³-hybridized carbons (Fsp3) is 0.250. The molecule has 2 heterocycles. The average molecular weight is 222 g/mol. The first kappa shape index (κ1) is 10.3. The van der Waals surface area contributed by atoms with Crippen LogP contribution in [0.4, 0.5) is 0 Å². The molecular formula is C8H10N6O2. The van der Waals surface area contributed by atoms with Gasteiger partial charge in [0.05, 0.1) is 19.2 Å². The molecule has 8 heteroatoms. The molecule has 2 aromatic heterocycles. The first-order valence-electron chi connectivity index (χ1n) is 4.51. The van der Waals surface area contributed by atoms with Crippen LogP contribution in [0.5, 0.6) is 0 Å². The summed E-state index contributed by atoms with van der Waals surface area (Å²) in [6.45, 7) is -0.00384. The maximum Gasteiger partial charge on any atom is 0.322 e. The average Bonchev–Trinajstić information content (AvgIpc) is 2.70. The van der Waals surface area contributed by atoms with Crippen molar-refractivity contribution < 1.29 is 9.90 Å². The first-order valence-corrected chi connectivity index (χ1v) is 4.51. The number of carboxylic acids is 1. The Morgan fingerprint density at radius 2 is 2.44 bits per heavy atom. The third-order valence-electron chi connectivity index (χ3n) is 2.17. The molecule has 1 atom stereocenters. The number of aliphatic carboxylic acids is 1. The van der Waals surface area contributed by atoms with Gasteiger partial charge in [-0.05, 0) is 0 Å². The van der Waals surface area contributed by atoms with Crippen molar-refractivity contribution in [3.8, 4) is 0 Å². The minimum Gasteiger partial charge on any atom is -0.480 e. The smallest absolute Gasteiger partial charge is 0.322 e. The van der Waals surface area contributed by atoms with Gasteiger partial charge in [0.1, 0.15) is 11.6 Å². The van der Waals surface area contributed by atoms with Crippen molar-refractivity contribution in [2.45, 2.75) is 12.6 Å². The Morgan fingerprint density at radius 3 is 3.12 bits per heavy atom. The third kappa shape index (κ3) is 1.65. The van der Waals surface area contributed by atoms with E-state index >= 15 is 0 Å². The molecule has 0 fully saturated rings. The van der Waals surface area contributed by atoms with Gasteiger partial charge in [0.2, 0.25) is 0 Å². The van der Waals surface area contributed by atoms with Crippen LogP contribution in [0, 0.1) is 5.41 Å². The van der Waals surface area contributed by atoms with Gasteiger partial charge in [-0.25, -0.2) is 9.97 Å². The Balaban J connectivity index is 2.42. The SMILES string of the molecule is N=c1c2[nH]cnc2ncn1CC(N)C(=O)O. The number of hydrogen-bond donors (Lipinski definition) is 4. The molecule has 0 aromatic carbocycles. The molecule has 2 aromatic rings. The zero-order valence-electron chi connectivity index (χ0n) is 8.21. The van der Waals surface area contributed by atoms with Crippen LogP contribution in [0.2, 0.25) is 0 Å².